The quantitative estimate of drug-likeness (QED) is 0.709. The van der Waals surface area contributed by atoms with Crippen molar-refractivity contribution in [2.75, 3.05) is 39.4 Å². The highest BCUT2D eigenvalue weighted by molar-refractivity contribution is 5.78. The first kappa shape index (κ1) is 15.0. The molecule has 2 amide bonds. The molecule has 0 bridgehead atoms. The molecule has 1 heterocycles. The van der Waals surface area contributed by atoms with Crippen LogP contribution in [0.5, 0.6) is 0 Å². The number of morpholine rings is 1. The van der Waals surface area contributed by atoms with Crippen molar-refractivity contribution in [3.63, 3.8) is 0 Å². The van der Waals surface area contributed by atoms with Crippen LogP contribution in [-0.4, -0.2) is 61.0 Å². The van der Waals surface area contributed by atoms with Crippen molar-refractivity contribution >= 4 is 11.8 Å². The van der Waals surface area contributed by atoms with E-state index >= 15 is 0 Å². The Morgan fingerprint density at radius 2 is 1.89 bits per heavy atom. The smallest absolute Gasteiger partial charge is 0.224 e. The number of hydrogen-bond donors (Lipinski definition) is 0. The third-order valence-electron chi connectivity index (χ3n) is 3.19. The maximum Gasteiger partial charge on any atom is 0.224 e. The number of hydrogen-bond acceptors (Lipinski definition) is 3. The van der Waals surface area contributed by atoms with E-state index in [0.29, 0.717) is 39.3 Å². The molecule has 0 saturated carbocycles. The highest BCUT2D eigenvalue weighted by atomic mass is 16.5. The molecule has 5 nitrogen and oxygen atoms in total. The minimum absolute atomic E-state index is 0.0539. The fourth-order valence-electron chi connectivity index (χ4n) is 1.98. The van der Waals surface area contributed by atoms with Crippen LogP contribution in [0.15, 0.2) is 0 Å². The number of nitrogens with zero attached hydrogens (tertiary/aromatic N) is 2. The largest absolute Gasteiger partial charge is 0.378 e. The number of ether oxygens (including phenoxy) is 1. The van der Waals surface area contributed by atoms with Crippen molar-refractivity contribution in [1.29, 1.82) is 0 Å². The Morgan fingerprint density at radius 1 is 1.22 bits per heavy atom. The zero-order valence-corrected chi connectivity index (χ0v) is 11.5. The molecule has 0 aromatic heterocycles. The lowest BCUT2D eigenvalue weighted by atomic mass is 10.2. The average molecular weight is 256 g/mol. The summed E-state index contributed by atoms with van der Waals surface area (Å²) in [5.41, 5.74) is 0. The van der Waals surface area contributed by atoms with Crippen molar-refractivity contribution in [2.45, 2.75) is 33.1 Å². The van der Waals surface area contributed by atoms with Crippen LogP contribution in [0.2, 0.25) is 0 Å². The Morgan fingerprint density at radius 3 is 2.44 bits per heavy atom. The van der Waals surface area contributed by atoms with Gasteiger partial charge in [-0.25, -0.2) is 0 Å². The number of rotatable bonds is 6. The molecule has 1 rings (SSSR count). The van der Waals surface area contributed by atoms with Gasteiger partial charge < -0.3 is 14.5 Å². The summed E-state index contributed by atoms with van der Waals surface area (Å²) in [6, 6.07) is 0. The van der Waals surface area contributed by atoms with Gasteiger partial charge in [-0.05, 0) is 6.42 Å². The van der Waals surface area contributed by atoms with Crippen molar-refractivity contribution in [3.05, 3.63) is 0 Å². The van der Waals surface area contributed by atoms with Crippen LogP contribution in [-0.2, 0) is 14.3 Å². The lowest BCUT2D eigenvalue weighted by Gasteiger charge is -2.28. The monoisotopic (exact) mass is 256 g/mol. The SMILES string of the molecule is CCCCN(CCC(=O)N1CCOCC1)C(C)=O. The second-order valence-corrected chi connectivity index (χ2v) is 4.60. The number of unbranched alkanes of at least 4 members (excludes halogenated alkanes) is 1. The molecule has 0 radical (unpaired) electrons. The number of amides is 2. The summed E-state index contributed by atoms with van der Waals surface area (Å²) in [7, 11) is 0. The van der Waals surface area contributed by atoms with E-state index in [-0.39, 0.29) is 11.8 Å². The first-order valence-electron chi connectivity index (χ1n) is 6.76. The molecule has 5 heteroatoms. The summed E-state index contributed by atoms with van der Waals surface area (Å²) >= 11 is 0. The molecule has 0 spiro atoms. The van der Waals surface area contributed by atoms with Gasteiger partial charge in [0.05, 0.1) is 13.2 Å². The van der Waals surface area contributed by atoms with E-state index < -0.39 is 0 Å². The summed E-state index contributed by atoms with van der Waals surface area (Å²) in [5, 5.41) is 0. The summed E-state index contributed by atoms with van der Waals surface area (Å²) < 4.78 is 5.21. The van der Waals surface area contributed by atoms with E-state index in [2.05, 4.69) is 6.92 Å². The van der Waals surface area contributed by atoms with Gasteiger partial charge in [0.2, 0.25) is 11.8 Å². The van der Waals surface area contributed by atoms with E-state index in [1.165, 1.54) is 0 Å². The third-order valence-corrected chi connectivity index (χ3v) is 3.19. The maximum absolute atomic E-state index is 11.9. The molecule has 0 atom stereocenters. The Labute approximate surface area is 109 Å². The molecule has 1 aliphatic heterocycles. The van der Waals surface area contributed by atoms with Crippen LogP contribution >= 0.6 is 0 Å². The summed E-state index contributed by atoms with van der Waals surface area (Å²) in [6.07, 6.45) is 2.47. The number of carbonyl (C=O) groups is 2. The van der Waals surface area contributed by atoms with Gasteiger partial charge in [-0.15, -0.1) is 0 Å². The highest BCUT2D eigenvalue weighted by Gasteiger charge is 2.18. The van der Waals surface area contributed by atoms with E-state index in [1.807, 2.05) is 4.90 Å². The lowest BCUT2D eigenvalue weighted by molar-refractivity contribution is -0.136. The maximum atomic E-state index is 11.9. The third kappa shape index (κ3) is 5.04. The normalized spacial score (nSPS) is 15.6. The fourth-order valence-corrected chi connectivity index (χ4v) is 1.98. The minimum atomic E-state index is 0.0539. The molecule has 104 valence electrons. The Bertz CT molecular complexity index is 275. The first-order valence-corrected chi connectivity index (χ1v) is 6.76. The summed E-state index contributed by atoms with van der Waals surface area (Å²) in [5.74, 6) is 0.180. The van der Waals surface area contributed by atoms with Crippen molar-refractivity contribution < 1.29 is 14.3 Å². The predicted octanol–water partition coefficient (Wildman–Crippen LogP) is 0.884. The molecular weight excluding hydrogens is 232 g/mol. The number of carbonyl (C=O) groups excluding carboxylic acids is 2. The molecular formula is C13H24N2O3. The summed E-state index contributed by atoms with van der Waals surface area (Å²) in [6.45, 7) is 7.54. The van der Waals surface area contributed by atoms with Gasteiger partial charge in [-0.1, -0.05) is 13.3 Å². The molecule has 0 aliphatic carbocycles. The molecule has 0 unspecified atom stereocenters. The molecule has 0 aromatic rings. The fraction of sp³-hybridized carbons (Fsp3) is 0.846. The van der Waals surface area contributed by atoms with Gasteiger partial charge in [0, 0.05) is 39.5 Å². The Hall–Kier alpha value is -1.10. The minimum Gasteiger partial charge on any atom is -0.378 e. The van der Waals surface area contributed by atoms with Crippen LogP contribution in [0, 0.1) is 0 Å². The molecule has 0 N–H and O–H groups in total. The van der Waals surface area contributed by atoms with Gasteiger partial charge in [0.25, 0.3) is 0 Å². The molecule has 18 heavy (non-hydrogen) atoms. The topological polar surface area (TPSA) is 49.9 Å². The predicted molar refractivity (Wildman–Crippen MR) is 69.2 cm³/mol. The lowest BCUT2D eigenvalue weighted by Crippen LogP contribution is -2.42. The van der Waals surface area contributed by atoms with Crippen LogP contribution < -0.4 is 0 Å². The first-order chi connectivity index (χ1) is 8.65. The molecule has 1 fully saturated rings. The van der Waals surface area contributed by atoms with Crippen LogP contribution in [0.25, 0.3) is 0 Å². The molecule has 1 aliphatic rings. The Balaban J connectivity index is 2.31. The second kappa shape index (κ2) is 8.08. The van der Waals surface area contributed by atoms with Gasteiger partial charge in [-0.2, -0.15) is 0 Å². The van der Waals surface area contributed by atoms with Gasteiger partial charge in [-0.3, -0.25) is 9.59 Å². The van der Waals surface area contributed by atoms with Gasteiger partial charge in [0.15, 0.2) is 0 Å². The van der Waals surface area contributed by atoms with Crippen molar-refractivity contribution in [1.82, 2.24) is 9.80 Å². The highest BCUT2D eigenvalue weighted by Crippen LogP contribution is 2.03. The zero-order chi connectivity index (χ0) is 13.4. The van der Waals surface area contributed by atoms with E-state index in [9.17, 15) is 9.59 Å². The van der Waals surface area contributed by atoms with E-state index in [0.717, 1.165) is 19.4 Å². The van der Waals surface area contributed by atoms with Gasteiger partial charge in [0.1, 0.15) is 0 Å². The van der Waals surface area contributed by atoms with Crippen LogP contribution in [0.1, 0.15) is 33.1 Å². The second-order valence-electron chi connectivity index (χ2n) is 4.60. The average Bonchev–Trinajstić information content (AvgIpc) is 2.39. The summed E-state index contributed by atoms with van der Waals surface area (Å²) in [4.78, 5) is 26.9. The van der Waals surface area contributed by atoms with Crippen LogP contribution in [0.3, 0.4) is 0 Å². The van der Waals surface area contributed by atoms with Crippen LogP contribution in [0.4, 0.5) is 0 Å². The zero-order valence-electron chi connectivity index (χ0n) is 11.5. The molecule has 1 saturated heterocycles. The van der Waals surface area contributed by atoms with Crippen molar-refractivity contribution in [2.24, 2.45) is 0 Å². The van der Waals surface area contributed by atoms with Gasteiger partial charge >= 0.3 is 0 Å². The molecule has 0 aromatic carbocycles. The standard InChI is InChI=1S/C13H24N2O3/c1-3-4-6-14(12(2)16)7-5-13(17)15-8-10-18-11-9-15/h3-11H2,1-2H3. The van der Waals surface area contributed by atoms with E-state index in [1.54, 1.807) is 11.8 Å². The Kier molecular flexibility index (Phi) is 6.72. The van der Waals surface area contributed by atoms with E-state index in [4.69, 9.17) is 4.74 Å². The van der Waals surface area contributed by atoms with Crippen molar-refractivity contribution in [3.8, 4) is 0 Å².